The standard InChI is InChI=1S/C22H31FN6O5/c1-12(30)33-17-14(10-32-15(31)9-13-7-5-4-6-8-13)34-20(22(17,2)23)29-11-26-16-18(25-3)27-21(24)28-19(16)29/h11,13-14,17,20H,4-10H2,1-3H3,(H3,24,25,27,28)/t14-,17-,20-,22-/m1/s1. The Balaban J connectivity index is 1.55. The highest BCUT2D eigenvalue weighted by Crippen LogP contribution is 2.44. The van der Waals surface area contributed by atoms with Crippen LogP contribution in [0.5, 0.6) is 0 Å². The van der Waals surface area contributed by atoms with E-state index in [0.29, 0.717) is 23.7 Å². The van der Waals surface area contributed by atoms with Crippen molar-refractivity contribution in [2.24, 2.45) is 5.92 Å². The largest absolute Gasteiger partial charge is 0.463 e. The molecule has 0 unspecified atom stereocenters. The molecule has 0 bridgehead atoms. The van der Waals surface area contributed by atoms with E-state index in [-0.39, 0.29) is 24.2 Å². The number of esters is 2. The van der Waals surface area contributed by atoms with Gasteiger partial charge in [-0.2, -0.15) is 9.97 Å². The Morgan fingerprint density at radius 1 is 1.32 bits per heavy atom. The summed E-state index contributed by atoms with van der Waals surface area (Å²) < 4.78 is 34.2. The molecule has 2 fully saturated rings. The summed E-state index contributed by atoms with van der Waals surface area (Å²) in [6.07, 6.45) is 3.52. The van der Waals surface area contributed by atoms with E-state index in [1.807, 2.05) is 0 Å². The molecule has 0 radical (unpaired) electrons. The number of imidazole rings is 1. The second kappa shape index (κ2) is 9.69. The molecule has 1 saturated heterocycles. The summed E-state index contributed by atoms with van der Waals surface area (Å²) in [5.41, 5.74) is 4.26. The van der Waals surface area contributed by atoms with Gasteiger partial charge in [0, 0.05) is 20.4 Å². The molecule has 2 aromatic heterocycles. The fourth-order valence-electron chi connectivity index (χ4n) is 4.85. The first-order chi connectivity index (χ1) is 16.2. The summed E-state index contributed by atoms with van der Waals surface area (Å²) in [4.78, 5) is 36.7. The van der Waals surface area contributed by atoms with Gasteiger partial charge < -0.3 is 25.3 Å². The molecule has 3 heterocycles. The fourth-order valence-corrected chi connectivity index (χ4v) is 4.85. The predicted octanol–water partition coefficient (Wildman–Crippen LogP) is 2.52. The Kier molecular flexibility index (Phi) is 6.87. The van der Waals surface area contributed by atoms with E-state index in [4.69, 9.17) is 19.9 Å². The molecule has 3 N–H and O–H groups in total. The van der Waals surface area contributed by atoms with E-state index in [9.17, 15) is 9.59 Å². The molecule has 12 heteroatoms. The van der Waals surface area contributed by atoms with Crippen molar-refractivity contribution in [1.29, 1.82) is 0 Å². The number of ether oxygens (including phenoxy) is 3. The third-order valence-corrected chi connectivity index (χ3v) is 6.49. The molecule has 0 amide bonds. The van der Waals surface area contributed by atoms with Crippen LogP contribution < -0.4 is 11.1 Å². The van der Waals surface area contributed by atoms with Crippen LogP contribution in [0.2, 0.25) is 0 Å². The Labute approximate surface area is 196 Å². The van der Waals surface area contributed by atoms with Crippen LogP contribution in [0, 0.1) is 5.92 Å². The Hall–Kier alpha value is -3.02. The fraction of sp³-hybridized carbons (Fsp3) is 0.682. The second-order valence-corrected chi connectivity index (χ2v) is 9.10. The summed E-state index contributed by atoms with van der Waals surface area (Å²) in [5, 5.41) is 2.88. The van der Waals surface area contributed by atoms with Crippen LogP contribution >= 0.6 is 0 Å². The lowest BCUT2D eigenvalue weighted by Crippen LogP contribution is -2.44. The van der Waals surface area contributed by atoms with E-state index >= 15 is 4.39 Å². The number of nitrogens with zero attached hydrogens (tertiary/aromatic N) is 4. The van der Waals surface area contributed by atoms with Gasteiger partial charge in [-0.15, -0.1) is 0 Å². The molecule has 186 valence electrons. The van der Waals surface area contributed by atoms with Crippen molar-refractivity contribution in [3.05, 3.63) is 6.33 Å². The van der Waals surface area contributed by atoms with Crippen molar-refractivity contribution in [3.63, 3.8) is 0 Å². The van der Waals surface area contributed by atoms with Crippen molar-refractivity contribution in [2.75, 3.05) is 24.7 Å². The average Bonchev–Trinajstić information content (AvgIpc) is 3.30. The molecular formula is C22H31FN6O5. The number of halogens is 1. The smallest absolute Gasteiger partial charge is 0.306 e. The Morgan fingerprint density at radius 3 is 2.74 bits per heavy atom. The topological polar surface area (TPSA) is 143 Å². The van der Waals surface area contributed by atoms with Crippen molar-refractivity contribution in [1.82, 2.24) is 19.5 Å². The average molecular weight is 479 g/mol. The summed E-state index contributed by atoms with van der Waals surface area (Å²) in [5.74, 6) is -0.381. The number of fused-ring (bicyclic) bond motifs is 1. The van der Waals surface area contributed by atoms with Gasteiger partial charge in [-0.1, -0.05) is 19.3 Å². The summed E-state index contributed by atoms with van der Waals surface area (Å²) >= 11 is 0. The van der Waals surface area contributed by atoms with Gasteiger partial charge in [0.15, 0.2) is 35.0 Å². The van der Waals surface area contributed by atoms with Gasteiger partial charge in [-0.05, 0) is 25.7 Å². The second-order valence-electron chi connectivity index (χ2n) is 9.10. The summed E-state index contributed by atoms with van der Waals surface area (Å²) in [6.45, 7) is 2.21. The molecule has 0 spiro atoms. The molecular weight excluding hydrogens is 447 g/mol. The highest BCUT2D eigenvalue weighted by molar-refractivity contribution is 5.84. The lowest BCUT2D eigenvalue weighted by atomic mass is 9.87. The number of hydrogen-bond donors (Lipinski definition) is 2. The maximum Gasteiger partial charge on any atom is 0.306 e. The summed E-state index contributed by atoms with van der Waals surface area (Å²) in [6, 6.07) is 0. The first-order valence-electron chi connectivity index (χ1n) is 11.6. The lowest BCUT2D eigenvalue weighted by molar-refractivity contribution is -0.159. The van der Waals surface area contributed by atoms with E-state index in [0.717, 1.165) is 25.7 Å². The number of nitrogen functional groups attached to an aromatic ring is 1. The highest BCUT2D eigenvalue weighted by Gasteiger charge is 2.58. The number of nitrogens with two attached hydrogens (primary N) is 1. The van der Waals surface area contributed by atoms with E-state index in [1.165, 1.54) is 31.2 Å². The zero-order chi connectivity index (χ0) is 24.5. The van der Waals surface area contributed by atoms with E-state index < -0.39 is 30.1 Å². The Bertz CT molecular complexity index is 1050. The van der Waals surface area contributed by atoms with Gasteiger partial charge in [0.05, 0.1) is 6.33 Å². The number of carbonyl (C=O) groups excluding carboxylic acids is 2. The molecule has 2 aromatic rings. The van der Waals surface area contributed by atoms with Crippen LogP contribution in [0.15, 0.2) is 6.33 Å². The predicted molar refractivity (Wildman–Crippen MR) is 120 cm³/mol. The van der Waals surface area contributed by atoms with Crippen molar-refractivity contribution in [3.8, 4) is 0 Å². The zero-order valence-electron chi connectivity index (χ0n) is 19.6. The molecule has 4 atom stereocenters. The van der Waals surface area contributed by atoms with Gasteiger partial charge in [0.2, 0.25) is 5.95 Å². The molecule has 2 aliphatic rings. The van der Waals surface area contributed by atoms with Gasteiger partial charge in [0.1, 0.15) is 12.7 Å². The SMILES string of the molecule is CNc1nc(N)nc2c1ncn2[C@@H]1O[C@H](COC(=O)CC2CCCCC2)[C@@H](OC(C)=O)[C@@]1(C)F. The first kappa shape index (κ1) is 24.1. The number of alkyl halides is 1. The third-order valence-electron chi connectivity index (χ3n) is 6.49. The molecule has 34 heavy (non-hydrogen) atoms. The van der Waals surface area contributed by atoms with Crippen molar-refractivity contribution >= 4 is 34.9 Å². The minimum atomic E-state index is -2.18. The van der Waals surface area contributed by atoms with Crippen molar-refractivity contribution < 1.29 is 28.2 Å². The number of nitrogens with one attached hydrogen (secondary N) is 1. The van der Waals surface area contributed by atoms with Gasteiger partial charge in [-0.3, -0.25) is 14.2 Å². The lowest BCUT2D eigenvalue weighted by Gasteiger charge is -2.27. The molecule has 0 aromatic carbocycles. The third kappa shape index (κ3) is 4.77. The molecule has 4 rings (SSSR count). The highest BCUT2D eigenvalue weighted by atomic mass is 19.1. The molecule has 1 aliphatic carbocycles. The minimum Gasteiger partial charge on any atom is -0.463 e. The number of rotatable bonds is 7. The van der Waals surface area contributed by atoms with Gasteiger partial charge >= 0.3 is 11.9 Å². The van der Waals surface area contributed by atoms with Gasteiger partial charge in [0.25, 0.3) is 0 Å². The summed E-state index contributed by atoms with van der Waals surface area (Å²) in [7, 11) is 1.65. The zero-order valence-corrected chi connectivity index (χ0v) is 19.6. The van der Waals surface area contributed by atoms with E-state index in [2.05, 4.69) is 20.3 Å². The normalized spacial score (nSPS) is 27.6. The molecule has 1 saturated carbocycles. The van der Waals surface area contributed by atoms with Crippen LogP contribution in [0.4, 0.5) is 16.2 Å². The van der Waals surface area contributed by atoms with Crippen LogP contribution in [-0.4, -0.2) is 63.0 Å². The first-order valence-corrected chi connectivity index (χ1v) is 11.6. The quantitative estimate of drug-likeness (QED) is 0.570. The maximum absolute atomic E-state index is 16.1. The maximum atomic E-state index is 16.1. The van der Waals surface area contributed by atoms with Crippen molar-refractivity contribution in [2.45, 2.75) is 76.5 Å². The molecule has 1 aliphatic heterocycles. The van der Waals surface area contributed by atoms with E-state index in [1.54, 1.807) is 7.05 Å². The molecule has 11 nitrogen and oxygen atoms in total. The van der Waals surface area contributed by atoms with Crippen LogP contribution in [0.25, 0.3) is 11.2 Å². The Morgan fingerprint density at radius 2 is 2.06 bits per heavy atom. The van der Waals surface area contributed by atoms with Crippen LogP contribution in [0.1, 0.15) is 58.6 Å². The number of carbonyl (C=O) groups is 2. The minimum absolute atomic E-state index is 0.0260. The monoisotopic (exact) mass is 478 g/mol. The van der Waals surface area contributed by atoms with Crippen LogP contribution in [-0.2, 0) is 23.8 Å². The number of aromatic nitrogens is 4. The number of anilines is 2. The van der Waals surface area contributed by atoms with Crippen LogP contribution in [0.3, 0.4) is 0 Å². The number of hydrogen-bond acceptors (Lipinski definition) is 10. The van der Waals surface area contributed by atoms with Gasteiger partial charge in [-0.25, -0.2) is 9.37 Å².